The lowest BCUT2D eigenvalue weighted by atomic mass is 10.3. The van der Waals surface area contributed by atoms with E-state index in [1.54, 1.807) is 6.07 Å². The molecule has 0 bridgehead atoms. The quantitative estimate of drug-likeness (QED) is 0.874. The number of carbonyl (C=O) groups excluding carboxylic acids is 1. The van der Waals surface area contributed by atoms with E-state index >= 15 is 0 Å². The first-order chi connectivity index (χ1) is 8.20. The molecule has 90 valence electrons. The summed E-state index contributed by atoms with van der Waals surface area (Å²) in [6.45, 7) is 2.01. The molecule has 0 spiro atoms. The van der Waals surface area contributed by atoms with Crippen molar-refractivity contribution < 1.29 is 9.21 Å². The van der Waals surface area contributed by atoms with Gasteiger partial charge in [-0.2, -0.15) is 0 Å². The predicted octanol–water partition coefficient (Wildman–Crippen LogP) is 2.27. The second kappa shape index (κ2) is 5.11. The molecule has 2 rings (SSSR count). The summed E-state index contributed by atoms with van der Waals surface area (Å²) in [5.74, 6) is -0.211. The van der Waals surface area contributed by atoms with Gasteiger partial charge in [0.05, 0.1) is 17.5 Å². The van der Waals surface area contributed by atoms with Crippen LogP contribution in [0.1, 0.15) is 29.0 Å². The molecule has 6 heteroatoms. The number of rotatable bonds is 4. The Morgan fingerprint density at radius 2 is 2.41 bits per heavy atom. The summed E-state index contributed by atoms with van der Waals surface area (Å²) in [6.07, 6.45) is 2.87. The van der Waals surface area contributed by atoms with Gasteiger partial charge < -0.3 is 9.73 Å². The topological polar surface area (TPSA) is 67.2 Å². The number of carbonyl (C=O) groups is 1. The maximum absolute atomic E-state index is 11.7. The molecule has 2 N–H and O–H groups in total. The Bertz CT molecular complexity index is 493. The van der Waals surface area contributed by atoms with Gasteiger partial charge in [-0.1, -0.05) is 0 Å². The average molecular weight is 251 g/mol. The number of hydrogen-bond donors (Lipinski definition) is 2. The predicted molar refractivity (Wildman–Crippen MR) is 66.2 cm³/mol. The Morgan fingerprint density at radius 3 is 3.06 bits per heavy atom. The third-order valence-electron chi connectivity index (χ3n) is 2.40. The Kier molecular flexibility index (Phi) is 3.55. The van der Waals surface area contributed by atoms with Gasteiger partial charge in [-0.05, 0) is 20.0 Å². The number of aromatic nitrogens is 1. The van der Waals surface area contributed by atoms with Gasteiger partial charge in [0.15, 0.2) is 5.13 Å². The van der Waals surface area contributed by atoms with Crippen LogP contribution in [0.3, 0.4) is 0 Å². The normalized spacial score (nSPS) is 12.4. The minimum Gasteiger partial charge on any atom is -0.472 e. The van der Waals surface area contributed by atoms with Gasteiger partial charge in [-0.3, -0.25) is 10.1 Å². The standard InChI is InChI=1S/C11H13N3O2S/c1-7(12-2)9-6-17-11(13-9)14-10(15)8-3-4-16-5-8/h3-7,12H,1-2H3,(H,13,14,15). The fraction of sp³-hybridized carbons (Fsp3) is 0.273. The Morgan fingerprint density at radius 1 is 1.59 bits per heavy atom. The highest BCUT2D eigenvalue weighted by Gasteiger charge is 2.12. The van der Waals surface area contributed by atoms with E-state index in [9.17, 15) is 4.79 Å². The number of furan rings is 1. The molecule has 0 saturated carbocycles. The zero-order valence-corrected chi connectivity index (χ0v) is 10.4. The van der Waals surface area contributed by atoms with E-state index in [-0.39, 0.29) is 11.9 Å². The van der Waals surface area contributed by atoms with Crippen molar-refractivity contribution in [3.63, 3.8) is 0 Å². The fourth-order valence-corrected chi connectivity index (χ4v) is 2.05. The molecular formula is C11H13N3O2S. The summed E-state index contributed by atoms with van der Waals surface area (Å²) in [5, 5.41) is 8.33. The van der Waals surface area contributed by atoms with Crippen LogP contribution in [0.5, 0.6) is 0 Å². The van der Waals surface area contributed by atoms with Gasteiger partial charge in [0.1, 0.15) is 6.26 Å². The molecule has 17 heavy (non-hydrogen) atoms. The summed E-state index contributed by atoms with van der Waals surface area (Å²) >= 11 is 1.41. The number of anilines is 1. The molecule has 2 aromatic rings. The zero-order chi connectivity index (χ0) is 12.3. The molecule has 2 aromatic heterocycles. The molecule has 2 heterocycles. The molecule has 0 aliphatic rings. The van der Waals surface area contributed by atoms with Crippen molar-refractivity contribution in [3.05, 3.63) is 35.2 Å². The molecule has 1 amide bonds. The zero-order valence-electron chi connectivity index (χ0n) is 9.56. The first-order valence-corrected chi connectivity index (χ1v) is 6.05. The van der Waals surface area contributed by atoms with Crippen LogP contribution in [0.4, 0.5) is 5.13 Å². The van der Waals surface area contributed by atoms with E-state index in [4.69, 9.17) is 4.42 Å². The van der Waals surface area contributed by atoms with Crippen molar-refractivity contribution in [2.24, 2.45) is 0 Å². The van der Waals surface area contributed by atoms with Gasteiger partial charge >= 0.3 is 0 Å². The number of thiazole rings is 1. The van der Waals surface area contributed by atoms with E-state index in [1.165, 1.54) is 23.9 Å². The maximum atomic E-state index is 11.7. The first kappa shape index (κ1) is 11.8. The van der Waals surface area contributed by atoms with E-state index in [1.807, 2.05) is 19.4 Å². The molecular weight excluding hydrogens is 238 g/mol. The Labute approximate surface area is 103 Å². The number of hydrogen-bond acceptors (Lipinski definition) is 5. The molecule has 0 saturated heterocycles. The monoisotopic (exact) mass is 251 g/mol. The van der Waals surface area contributed by atoms with Crippen LogP contribution >= 0.6 is 11.3 Å². The highest BCUT2D eigenvalue weighted by Crippen LogP contribution is 2.20. The minimum atomic E-state index is -0.211. The molecule has 0 aliphatic heterocycles. The minimum absolute atomic E-state index is 0.172. The van der Waals surface area contributed by atoms with Gasteiger partial charge in [0.25, 0.3) is 5.91 Å². The van der Waals surface area contributed by atoms with E-state index in [2.05, 4.69) is 15.6 Å². The van der Waals surface area contributed by atoms with Crippen LogP contribution < -0.4 is 10.6 Å². The first-order valence-electron chi connectivity index (χ1n) is 5.17. The second-order valence-corrected chi connectivity index (χ2v) is 4.41. The Hall–Kier alpha value is -1.66. The van der Waals surface area contributed by atoms with E-state index in [0.717, 1.165) is 5.69 Å². The fourth-order valence-electron chi connectivity index (χ4n) is 1.25. The highest BCUT2D eigenvalue weighted by molar-refractivity contribution is 7.14. The van der Waals surface area contributed by atoms with Crippen molar-refractivity contribution in [2.45, 2.75) is 13.0 Å². The lowest BCUT2D eigenvalue weighted by Crippen LogP contribution is -2.14. The average Bonchev–Trinajstić information content (AvgIpc) is 2.98. The molecule has 0 aliphatic carbocycles. The molecule has 5 nitrogen and oxygen atoms in total. The maximum Gasteiger partial charge on any atom is 0.260 e. The van der Waals surface area contributed by atoms with Crippen LogP contribution in [0.25, 0.3) is 0 Å². The van der Waals surface area contributed by atoms with Gasteiger partial charge in [-0.15, -0.1) is 11.3 Å². The lowest BCUT2D eigenvalue weighted by molar-refractivity contribution is 0.102. The number of amides is 1. The molecule has 1 unspecified atom stereocenters. The molecule has 1 atom stereocenters. The summed E-state index contributed by atoms with van der Waals surface area (Å²) in [6, 6.07) is 1.78. The molecule has 0 radical (unpaired) electrons. The van der Waals surface area contributed by atoms with E-state index < -0.39 is 0 Å². The van der Waals surface area contributed by atoms with E-state index in [0.29, 0.717) is 10.7 Å². The smallest absolute Gasteiger partial charge is 0.260 e. The van der Waals surface area contributed by atoms with Crippen LogP contribution in [0.15, 0.2) is 28.4 Å². The third-order valence-corrected chi connectivity index (χ3v) is 3.18. The largest absolute Gasteiger partial charge is 0.472 e. The lowest BCUT2D eigenvalue weighted by Gasteiger charge is -2.04. The summed E-state index contributed by atoms with van der Waals surface area (Å²) in [4.78, 5) is 16.0. The Balaban J connectivity index is 2.04. The summed E-state index contributed by atoms with van der Waals surface area (Å²) in [5.41, 5.74) is 1.41. The summed E-state index contributed by atoms with van der Waals surface area (Å²) < 4.78 is 4.85. The third kappa shape index (κ3) is 2.72. The van der Waals surface area contributed by atoms with Crippen LogP contribution in [0, 0.1) is 0 Å². The highest BCUT2D eigenvalue weighted by atomic mass is 32.1. The summed E-state index contributed by atoms with van der Waals surface area (Å²) in [7, 11) is 1.87. The number of nitrogens with one attached hydrogen (secondary N) is 2. The molecule has 0 aromatic carbocycles. The van der Waals surface area contributed by atoms with Crippen molar-refractivity contribution in [1.29, 1.82) is 0 Å². The van der Waals surface area contributed by atoms with Crippen LogP contribution in [0.2, 0.25) is 0 Å². The van der Waals surface area contributed by atoms with Crippen LogP contribution in [-0.2, 0) is 0 Å². The van der Waals surface area contributed by atoms with Crippen molar-refractivity contribution in [1.82, 2.24) is 10.3 Å². The SMILES string of the molecule is CNC(C)c1csc(NC(=O)c2ccoc2)n1. The second-order valence-electron chi connectivity index (χ2n) is 3.55. The van der Waals surface area contributed by atoms with Gasteiger partial charge in [-0.25, -0.2) is 4.98 Å². The van der Waals surface area contributed by atoms with Crippen molar-refractivity contribution in [2.75, 3.05) is 12.4 Å². The number of nitrogens with zero attached hydrogens (tertiary/aromatic N) is 1. The van der Waals surface area contributed by atoms with Crippen LogP contribution in [-0.4, -0.2) is 17.9 Å². The van der Waals surface area contributed by atoms with Gasteiger partial charge in [0.2, 0.25) is 0 Å². The molecule has 0 fully saturated rings. The van der Waals surface area contributed by atoms with Gasteiger partial charge in [0, 0.05) is 11.4 Å². The van der Waals surface area contributed by atoms with Crippen molar-refractivity contribution in [3.8, 4) is 0 Å². The van der Waals surface area contributed by atoms with Crippen molar-refractivity contribution >= 4 is 22.4 Å².